The van der Waals surface area contributed by atoms with Crippen LogP contribution in [0.1, 0.15) is 6.92 Å². The molecule has 62 valence electrons. The summed E-state index contributed by atoms with van der Waals surface area (Å²) in [6, 6.07) is 10.6. The van der Waals surface area contributed by atoms with Crippen molar-refractivity contribution in [2.45, 2.75) is 20.0 Å². The van der Waals surface area contributed by atoms with E-state index in [2.05, 4.69) is 48.8 Å². The minimum Gasteiger partial charge on any atom is -0.126 e. The Morgan fingerprint density at radius 3 is 2.17 bits per heavy atom. The molecule has 0 aliphatic rings. The zero-order valence-electron chi connectivity index (χ0n) is 7.89. The molecule has 0 aromatic heterocycles. The second-order valence-electron chi connectivity index (χ2n) is 3.37. The van der Waals surface area contributed by atoms with Gasteiger partial charge in [-0.05, 0) is 12.1 Å². The van der Waals surface area contributed by atoms with E-state index in [0.717, 1.165) is 0 Å². The van der Waals surface area contributed by atoms with Crippen LogP contribution in [-0.2, 0) is 0 Å². The van der Waals surface area contributed by atoms with Crippen LogP contribution in [0.3, 0.4) is 0 Å². The molecule has 1 aromatic rings. The van der Waals surface area contributed by atoms with Gasteiger partial charge < -0.3 is 0 Å². The highest BCUT2D eigenvalue weighted by molar-refractivity contribution is 6.96. The Morgan fingerprint density at radius 1 is 1.08 bits per heavy atom. The number of hydrogen-bond donors (Lipinski definition) is 0. The fourth-order valence-corrected chi connectivity index (χ4v) is 3.03. The maximum absolute atomic E-state index is 3.33. The quantitative estimate of drug-likeness (QED) is 0.452. The van der Waals surface area contributed by atoms with E-state index in [4.69, 9.17) is 0 Å². The van der Waals surface area contributed by atoms with Crippen LogP contribution in [0.2, 0.25) is 13.1 Å². The third-order valence-corrected chi connectivity index (χ3v) is 4.58. The van der Waals surface area contributed by atoms with E-state index in [1.54, 1.807) is 0 Å². The van der Waals surface area contributed by atoms with E-state index in [0.29, 0.717) is 0 Å². The molecule has 0 unspecified atom stereocenters. The molecule has 0 amide bonds. The van der Waals surface area contributed by atoms with Crippen LogP contribution < -0.4 is 5.19 Å². The largest absolute Gasteiger partial charge is 0.162 e. The van der Waals surface area contributed by atoms with Crippen molar-refractivity contribution in [3.63, 3.8) is 0 Å². The number of benzene rings is 1. The van der Waals surface area contributed by atoms with Gasteiger partial charge in [-0.15, -0.1) is 11.5 Å². The molecule has 0 saturated carbocycles. The van der Waals surface area contributed by atoms with Crippen LogP contribution in [0, 0.1) is 11.5 Å². The molecular weight excluding hydrogens is 160 g/mol. The van der Waals surface area contributed by atoms with E-state index in [1.165, 1.54) is 5.19 Å². The van der Waals surface area contributed by atoms with E-state index >= 15 is 0 Å². The lowest BCUT2D eigenvalue weighted by molar-refractivity contribution is 1.72. The fraction of sp³-hybridized carbons (Fsp3) is 0.273. The maximum atomic E-state index is 3.33. The van der Waals surface area contributed by atoms with Crippen LogP contribution >= 0.6 is 0 Å². The molecule has 0 nitrogen and oxygen atoms in total. The molecular formula is C11H14Si. The molecule has 1 heteroatoms. The van der Waals surface area contributed by atoms with E-state index in [1.807, 2.05) is 13.0 Å². The highest BCUT2D eigenvalue weighted by Crippen LogP contribution is 2.00. The summed E-state index contributed by atoms with van der Waals surface area (Å²) in [4.78, 5) is 0. The van der Waals surface area contributed by atoms with Gasteiger partial charge in [0.05, 0.1) is 0 Å². The maximum Gasteiger partial charge on any atom is 0.162 e. The minimum absolute atomic E-state index is 1.42. The molecule has 1 aromatic carbocycles. The van der Waals surface area contributed by atoms with Crippen molar-refractivity contribution < 1.29 is 0 Å². The summed E-state index contributed by atoms with van der Waals surface area (Å²) in [5, 5.41) is 1.42. The Labute approximate surface area is 75.6 Å². The Morgan fingerprint density at radius 2 is 1.67 bits per heavy atom. The molecule has 0 spiro atoms. The Balaban J connectivity index is 3.03. The average molecular weight is 174 g/mol. The van der Waals surface area contributed by atoms with Crippen LogP contribution in [0.15, 0.2) is 30.3 Å². The summed E-state index contributed by atoms with van der Waals surface area (Å²) >= 11 is 0. The summed E-state index contributed by atoms with van der Waals surface area (Å²) in [6.45, 7) is 6.47. The van der Waals surface area contributed by atoms with E-state index in [-0.39, 0.29) is 0 Å². The smallest absolute Gasteiger partial charge is 0.126 e. The van der Waals surface area contributed by atoms with Crippen LogP contribution in [0.4, 0.5) is 0 Å². The fourth-order valence-electron chi connectivity index (χ4n) is 1.24. The molecule has 0 aliphatic carbocycles. The summed E-state index contributed by atoms with van der Waals surface area (Å²) in [7, 11) is -1.44. The topological polar surface area (TPSA) is 0 Å². The van der Waals surface area contributed by atoms with Gasteiger partial charge in [0, 0.05) is 0 Å². The molecule has 1 rings (SSSR count). The predicted octanol–water partition coefficient (Wildman–Crippen LogP) is 2.16. The predicted molar refractivity (Wildman–Crippen MR) is 57.0 cm³/mol. The van der Waals surface area contributed by atoms with Crippen LogP contribution in [0.5, 0.6) is 0 Å². The Bertz CT molecular complexity index is 301. The van der Waals surface area contributed by atoms with Crippen molar-refractivity contribution in [1.29, 1.82) is 0 Å². The molecule has 0 aliphatic heterocycles. The monoisotopic (exact) mass is 174 g/mol. The van der Waals surface area contributed by atoms with Crippen molar-refractivity contribution in [3.8, 4) is 11.5 Å². The molecule has 0 fully saturated rings. The van der Waals surface area contributed by atoms with Crippen LogP contribution in [-0.4, -0.2) is 8.07 Å². The van der Waals surface area contributed by atoms with Gasteiger partial charge in [-0.25, -0.2) is 0 Å². The average Bonchev–Trinajstić information content (AvgIpc) is 2.06. The third kappa shape index (κ3) is 1.99. The Hall–Kier alpha value is -1.00. The van der Waals surface area contributed by atoms with Crippen molar-refractivity contribution >= 4 is 13.3 Å². The first-order valence-electron chi connectivity index (χ1n) is 4.16. The summed E-state index contributed by atoms with van der Waals surface area (Å²) < 4.78 is 0. The van der Waals surface area contributed by atoms with Gasteiger partial charge in [-0.1, -0.05) is 43.4 Å². The molecule has 0 heterocycles. The number of rotatable bonds is 1. The van der Waals surface area contributed by atoms with Gasteiger partial charge >= 0.3 is 0 Å². The van der Waals surface area contributed by atoms with Gasteiger partial charge in [-0.3, -0.25) is 0 Å². The van der Waals surface area contributed by atoms with Gasteiger partial charge in [0.15, 0.2) is 8.07 Å². The first kappa shape index (κ1) is 9.09. The SMILES string of the molecule is CC#C[Si](C)(C)c1ccccc1. The van der Waals surface area contributed by atoms with Crippen molar-refractivity contribution in [1.82, 2.24) is 0 Å². The molecule has 0 bridgehead atoms. The zero-order chi connectivity index (χ0) is 9.03. The van der Waals surface area contributed by atoms with Gasteiger partial charge in [0.25, 0.3) is 0 Å². The normalized spacial score (nSPS) is 10.2. The zero-order valence-corrected chi connectivity index (χ0v) is 8.89. The van der Waals surface area contributed by atoms with Gasteiger partial charge in [0.1, 0.15) is 0 Å². The first-order valence-corrected chi connectivity index (χ1v) is 7.16. The molecule has 0 saturated heterocycles. The van der Waals surface area contributed by atoms with Gasteiger partial charge in [-0.2, -0.15) is 0 Å². The highest BCUT2D eigenvalue weighted by atomic mass is 28.3. The van der Waals surface area contributed by atoms with E-state index < -0.39 is 8.07 Å². The van der Waals surface area contributed by atoms with E-state index in [9.17, 15) is 0 Å². The summed E-state index contributed by atoms with van der Waals surface area (Å²) in [5.41, 5.74) is 3.33. The van der Waals surface area contributed by atoms with Crippen molar-refractivity contribution in [3.05, 3.63) is 30.3 Å². The molecule has 0 atom stereocenters. The van der Waals surface area contributed by atoms with Crippen molar-refractivity contribution in [2.75, 3.05) is 0 Å². The third-order valence-electron chi connectivity index (χ3n) is 1.93. The lowest BCUT2D eigenvalue weighted by Gasteiger charge is -2.14. The summed E-state index contributed by atoms with van der Waals surface area (Å²) in [6.07, 6.45) is 0. The second kappa shape index (κ2) is 3.60. The Kier molecular flexibility index (Phi) is 2.72. The molecule has 0 radical (unpaired) electrons. The minimum atomic E-state index is -1.44. The second-order valence-corrected chi connectivity index (χ2v) is 7.44. The lowest BCUT2D eigenvalue weighted by Crippen LogP contribution is -2.39. The number of hydrogen-bond acceptors (Lipinski definition) is 0. The molecule has 0 N–H and O–H groups in total. The standard InChI is InChI=1S/C11H14Si/c1-4-10-12(2,3)11-8-6-5-7-9-11/h5-9H,1-3H3. The highest BCUT2D eigenvalue weighted by Gasteiger charge is 2.19. The molecule has 12 heavy (non-hydrogen) atoms. The van der Waals surface area contributed by atoms with Gasteiger partial charge in [0.2, 0.25) is 0 Å². The lowest BCUT2D eigenvalue weighted by atomic mass is 10.4. The van der Waals surface area contributed by atoms with Crippen LogP contribution in [0.25, 0.3) is 0 Å². The van der Waals surface area contributed by atoms with Crippen molar-refractivity contribution in [2.24, 2.45) is 0 Å². The first-order chi connectivity index (χ1) is 5.67. The summed E-state index contributed by atoms with van der Waals surface area (Å²) in [5.74, 6) is 3.02.